The second kappa shape index (κ2) is 10.4. The highest BCUT2D eigenvalue weighted by molar-refractivity contribution is 5.68. The zero-order valence-electron chi connectivity index (χ0n) is 16.9. The zero-order chi connectivity index (χ0) is 20.5. The van der Waals surface area contributed by atoms with Crippen LogP contribution >= 0.6 is 0 Å². The van der Waals surface area contributed by atoms with Gasteiger partial charge in [0, 0.05) is 0 Å². The number of methoxy groups -OCH3 is 4. The molecule has 6 heteroatoms. The third kappa shape index (κ3) is 5.55. The fraction of sp³-hybridized carbons (Fsp3) is 0.409. The Bertz CT molecular complexity index is 787. The second-order valence-corrected chi connectivity index (χ2v) is 6.49. The van der Waals surface area contributed by atoms with Crippen molar-refractivity contribution in [3.05, 3.63) is 47.5 Å². The van der Waals surface area contributed by atoms with Gasteiger partial charge in [-0.2, -0.15) is 0 Å². The van der Waals surface area contributed by atoms with E-state index in [2.05, 4.69) is 0 Å². The topological polar surface area (TPSA) is 74.2 Å². The Balaban J connectivity index is 2.10. The number of carboxylic acid groups (broad SMARTS) is 1. The molecule has 1 N–H and O–H groups in total. The summed E-state index contributed by atoms with van der Waals surface area (Å²) in [6, 6.07) is 11.4. The molecule has 0 bridgehead atoms. The Kier molecular flexibility index (Phi) is 7.99. The van der Waals surface area contributed by atoms with Gasteiger partial charge in [-0.1, -0.05) is 12.1 Å². The number of aryl methyl sites for hydroxylation is 1. The number of benzene rings is 2. The van der Waals surface area contributed by atoms with Crippen LogP contribution in [0.5, 0.6) is 23.0 Å². The van der Waals surface area contributed by atoms with Crippen molar-refractivity contribution in [3.63, 3.8) is 0 Å². The molecule has 0 saturated carbocycles. The van der Waals surface area contributed by atoms with Crippen LogP contribution in [0.25, 0.3) is 0 Å². The van der Waals surface area contributed by atoms with Gasteiger partial charge in [-0.15, -0.1) is 0 Å². The number of carbonyl (C=O) groups is 1. The average molecular weight is 388 g/mol. The number of ether oxygens (including phenoxy) is 4. The van der Waals surface area contributed by atoms with Gasteiger partial charge in [0.25, 0.3) is 0 Å². The third-order valence-electron chi connectivity index (χ3n) is 4.77. The zero-order valence-corrected chi connectivity index (χ0v) is 16.9. The van der Waals surface area contributed by atoms with Crippen LogP contribution in [0.2, 0.25) is 0 Å². The van der Waals surface area contributed by atoms with Gasteiger partial charge < -0.3 is 24.1 Å². The first-order valence-corrected chi connectivity index (χ1v) is 9.17. The Hall–Kier alpha value is -2.89. The molecule has 0 heterocycles. The van der Waals surface area contributed by atoms with E-state index in [1.807, 2.05) is 36.4 Å². The van der Waals surface area contributed by atoms with Gasteiger partial charge >= 0.3 is 5.97 Å². The van der Waals surface area contributed by atoms with E-state index in [1.54, 1.807) is 28.4 Å². The fourth-order valence-corrected chi connectivity index (χ4v) is 3.29. The summed E-state index contributed by atoms with van der Waals surface area (Å²) in [4.78, 5) is 11.4. The smallest absolute Gasteiger partial charge is 0.303 e. The van der Waals surface area contributed by atoms with Crippen molar-refractivity contribution in [1.29, 1.82) is 0 Å². The lowest BCUT2D eigenvalue weighted by atomic mass is 9.89. The molecule has 0 aliphatic heterocycles. The molecule has 2 aromatic rings. The molecule has 28 heavy (non-hydrogen) atoms. The summed E-state index contributed by atoms with van der Waals surface area (Å²) < 4.78 is 21.2. The highest BCUT2D eigenvalue weighted by atomic mass is 16.5. The third-order valence-corrected chi connectivity index (χ3v) is 4.77. The lowest BCUT2D eigenvalue weighted by Crippen LogP contribution is -2.07. The maximum atomic E-state index is 11.4. The van der Waals surface area contributed by atoms with Crippen molar-refractivity contribution in [2.75, 3.05) is 28.4 Å². The van der Waals surface area contributed by atoms with Gasteiger partial charge in [-0.3, -0.25) is 4.79 Å². The van der Waals surface area contributed by atoms with E-state index in [9.17, 15) is 9.90 Å². The second-order valence-electron chi connectivity index (χ2n) is 6.49. The minimum absolute atomic E-state index is 0.0708. The van der Waals surface area contributed by atoms with Crippen molar-refractivity contribution in [3.8, 4) is 23.0 Å². The molecule has 0 spiro atoms. The fourth-order valence-electron chi connectivity index (χ4n) is 3.29. The van der Waals surface area contributed by atoms with Crippen LogP contribution in [0.3, 0.4) is 0 Å². The van der Waals surface area contributed by atoms with Crippen LogP contribution in [-0.2, 0) is 11.2 Å². The van der Waals surface area contributed by atoms with Crippen LogP contribution in [0, 0.1) is 0 Å². The molecule has 1 unspecified atom stereocenters. The Morgan fingerprint density at radius 2 is 1.43 bits per heavy atom. The van der Waals surface area contributed by atoms with Crippen LogP contribution < -0.4 is 18.9 Å². The van der Waals surface area contributed by atoms with E-state index in [1.165, 1.54) is 0 Å². The number of hydrogen-bond donors (Lipinski definition) is 1. The first-order chi connectivity index (χ1) is 13.5. The predicted octanol–water partition coefficient (Wildman–Crippen LogP) is 4.30. The van der Waals surface area contributed by atoms with E-state index >= 15 is 0 Å². The quantitative estimate of drug-likeness (QED) is 0.619. The lowest BCUT2D eigenvalue weighted by Gasteiger charge is -2.18. The van der Waals surface area contributed by atoms with E-state index in [0.29, 0.717) is 23.0 Å². The maximum Gasteiger partial charge on any atom is 0.303 e. The molecule has 0 aliphatic carbocycles. The largest absolute Gasteiger partial charge is 0.493 e. The summed E-state index contributed by atoms with van der Waals surface area (Å²) in [7, 11) is 6.37. The maximum absolute atomic E-state index is 11.4. The molecule has 0 amide bonds. The molecule has 0 radical (unpaired) electrons. The molecule has 2 aromatic carbocycles. The molecule has 152 valence electrons. The SMILES string of the molecule is COc1ccc(CCCC(CC(=O)O)c2ccc(OC)c(OC)c2)cc1OC. The average Bonchev–Trinajstić information content (AvgIpc) is 2.71. The molecule has 0 fully saturated rings. The predicted molar refractivity (Wildman–Crippen MR) is 107 cm³/mol. The molecular formula is C22H28O6. The molecular weight excluding hydrogens is 360 g/mol. The molecule has 0 aromatic heterocycles. The van der Waals surface area contributed by atoms with Gasteiger partial charge in [0.2, 0.25) is 0 Å². The number of hydrogen-bond acceptors (Lipinski definition) is 5. The Morgan fingerprint density at radius 1 is 0.857 bits per heavy atom. The van der Waals surface area contributed by atoms with Crippen LogP contribution in [0.1, 0.15) is 36.3 Å². The molecule has 0 aliphatic rings. The summed E-state index contributed by atoms with van der Waals surface area (Å²) in [5, 5.41) is 9.33. The minimum atomic E-state index is -0.814. The monoisotopic (exact) mass is 388 g/mol. The highest BCUT2D eigenvalue weighted by Crippen LogP contribution is 2.34. The minimum Gasteiger partial charge on any atom is -0.493 e. The van der Waals surface area contributed by atoms with Gasteiger partial charge in [0.05, 0.1) is 34.9 Å². The number of aliphatic carboxylic acids is 1. The van der Waals surface area contributed by atoms with Gasteiger partial charge in [-0.25, -0.2) is 0 Å². The van der Waals surface area contributed by atoms with Crippen molar-refractivity contribution in [2.24, 2.45) is 0 Å². The van der Waals surface area contributed by atoms with Gasteiger partial charge in [-0.05, 0) is 60.6 Å². The number of rotatable bonds is 11. The molecule has 1 atom stereocenters. The summed E-state index contributed by atoms with van der Waals surface area (Å²) in [5.74, 6) is 1.71. The van der Waals surface area contributed by atoms with Crippen molar-refractivity contribution in [2.45, 2.75) is 31.6 Å². The van der Waals surface area contributed by atoms with E-state index < -0.39 is 5.97 Å². The van der Waals surface area contributed by atoms with Crippen molar-refractivity contribution < 1.29 is 28.8 Å². The van der Waals surface area contributed by atoms with Crippen LogP contribution in [-0.4, -0.2) is 39.5 Å². The van der Waals surface area contributed by atoms with Gasteiger partial charge in [0.1, 0.15) is 0 Å². The molecule has 0 saturated heterocycles. The summed E-state index contributed by atoms with van der Waals surface area (Å²) in [6.45, 7) is 0. The summed E-state index contributed by atoms with van der Waals surface area (Å²) in [5.41, 5.74) is 2.06. The molecule has 2 rings (SSSR count). The Labute approximate surface area is 166 Å². The first kappa shape index (κ1) is 21.4. The lowest BCUT2D eigenvalue weighted by molar-refractivity contribution is -0.137. The number of carboxylic acids is 1. The summed E-state index contributed by atoms with van der Waals surface area (Å²) in [6.07, 6.45) is 2.49. The Morgan fingerprint density at radius 3 is 2.00 bits per heavy atom. The summed E-state index contributed by atoms with van der Waals surface area (Å²) >= 11 is 0. The van der Waals surface area contributed by atoms with Crippen molar-refractivity contribution >= 4 is 5.97 Å². The van der Waals surface area contributed by atoms with Crippen LogP contribution in [0.15, 0.2) is 36.4 Å². The van der Waals surface area contributed by atoms with Crippen molar-refractivity contribution in [1.82, 2.24) is 0 Å². The standard InChI is InChI=1S/C22H28O6/c1-25-18-10-8-15(12-20(18)27-3)6-5-7-16(14-22(23)24)17-9-11-19(26-2)21(13-17)28-4/h8-13,16H,5-7,14H2,1-4H3,(H,23,24). The van der Waals surface area contributed by atoms with Gasteiger partial charge in [0.15, 0.2) is 23.0 Å². The van der Waals surface area contributed by atoms with E-state index in [-0.39, 0.29) is 12.3 Å². The van der Waals surface area contributed by atoms with E-state index in [4.69, 9.17) is 18.9 Å². The highest BCUT2D eigenvalue weighted by Gasteiger charge is 2.18. The first-order valence-electron chi connectivity index (χ1n) is 9.17. The van der Waals surface area contributed by atoms with E-state index in [0.717, 1.165) is 30.4 Å². The van der Waals surface area contributed by atoms with Crippen LogP contribution in [0.4, 0.5) is 0 Å². The molecule has 6 nitrogen and oxygen atoms in total. The normalized spacial score (nSPS) is 11.6.